The summed E-state index contributed by atoms with van der Waals surface area (Å²) < 4.78 is 37.4. The molecule has 0 unspecified atom stereocenters. The van der Waals surface area contributed by atoms with Crippen molar-refractivity contribution in [2.45, 2.75) is 12.7 Å². The molecule has 0 aliphatic carbocycles. The standard InChI is InChI=1S/C15H11F3N4S/c16-15(17,18)11-6-7-12(19-8-11)20-9-13-21-22-14(23-13)10-4-2-1-3-5-10/h1-8H,9H2,(H,19,20). The van der Waals surface area contributed by atoms with Gasteiger partial charge in [0.05, 0.1) is 12.1 Å². The van der Waals surface area contributed by atoms with Gasteiger partial charge in [-0.05, 0) is 12.1 Å². The summed E-state index contributed by atoms with van der Waals surface area (Å²) in [6.07, 6.45) is -3.58. The molecule has 0 atom stereocenters. The number of hydrogen-bond donors (Lipinski definition) is 1. The highest BCUT2D eigenvalue weighted by molar-refractivity contribution is 7.14. The van der Waals surface area contributed by atoms with Crippen LogP contribution in [-0.2, 0) is 12.7 Å². The van der Waals surface area contributed by atoms with Crippen LogP contribution in [0.4, 0.5) is 19.0 Å². The van der Waals surface area contributed by atoms with Crippen molar-refractivity contribution in [3.05, 3.63) is 59.2 Å². The first kappa shape index (κ1) is 15.4. The lowest BCUT2D eigenvalue weighted by Gasteiger charge is -2.07. The van der Waals surface area contributed by atoms with Gasteiger partial charge in [-0.1, -0.05) is 41.7 Å². The Bertz CT molecular complexity index is 769. The van der Waals surface area contributed by atoms with Crippen LogP contribution in [0.2, 0.25) is 0 Å². The second-order valence-corrected chi connectivity index (χ2v) is 5.71. The van der Waals surface area contributed by atoms with Gasteiger partial charge >= 0.3 is 6.18 Å². The van der Waals surface area contributed by atoms with Gasteiger partial charge in [-0.15, -0.1) is 10.2 Å². The maximum atomic E-state index is 12.5. The molecular weight excluding hydrogens is 325 g/mol. The van der Waals surface area contributed by atoms with E-state index in [0.717, 1.165) is 27.8 Å². The quantitative estimate of drug-likeness (QED) is 0.774. The normalized spacial score (nSPS) is 11.4. The fourth-order valence-electron chi connectivity index (χ4n) is 1.85. The molecule has 0 amide bonds. The van der Waals surface area contributed by atoms with E-state index in [-0.39, 0.29) is 0 Å². The largest absolute Gasteiger partial charge is 0.417 e. The van der Waals surface area contributed by atoms with Crippen molar-refractivity contribution in [2.24, 2.45) is 0 Å². The van der Waals surface area contributed by atoms with Gasteiger partial charge in [-0.25, -0.2) is 4.98 Å². The summed E-state index contributed by atoms with van der Waals surface area (Å²) in [6, 6.07) is 11.9. The molecule has 0 spiro atoms. The fourth-order valence-corrected chi connectivity index (χ4v) is 2.64. The van der Waals surface area contributed by atoms with Gasteiger partial charge in [0.25, 0.3) is 0 Å². The third-order valence-corrected chi connectivity index (χ3v) is 3.97. The highest BCUT2D eigenvalue weighted by Crippen LogP contribution is 2.29. The van der Waals surface area contributed by atoms with E-state index in [4.69, 9.17) is 0 Å². The lowest BCUT2D eigenvalue weighted by molar-refractivity contribution is -0.137. The Hall–Kier alpha value is -2.48. The molecule has 2 aromatic heterocycles. The average Bonchev–Trinajstić information content (AvgIpc) is 3.02. The molecule has 1 aromatic carbocycles. The molecule has 0 bridgehead atoms. The van der Waals surface area contributed by atoms with Crippen LogP contribution < -0.4 is 5.32 Å². The van der Waals surface area contributed by atoms with E-state index in [1.54, 1.807) is 0 Å². The molecule has 8 heteroatoms. The monoisotopic (exact) mass is 336 g/mol. The van der Waals surface area contributed by atoms with Crippen molar-refractivity contribution in [2.75, 3.05) is 5.32 Å². The fraction of sp³-hybridized carbons (Fsp3) is 0.133. The Morgan fingerprint density at radius 1 is 1.00 bits per heavy atom. The van der Waals surface area contributed by atoms with E-state index >= 15 is 0 Å². The molecule has 0 radical (unpaired) electrons. The summed E-state index contributed by atoms with van der Waals surface area (Å²) in [6.45, 7) is 0.350. The summed E-state index contributed by atoms with van der Waals surface area (Å²) in [5.41, 5.74) is 0.203. The first-order valence-electron chi connectivity index (χ1n) is 6.67. The highest BCUT2D eigenvalue weighted by atomic mass is 32.1. The molecule has 2 heterocycles. The zero-order valence-corrected chi connectivity index (χ0v) is 12.5. The second-order valence-electron chi connectivity index (χ2n) is 4.65. The SMILES string of the molecule is FC(F)(F)c1ccc(NCc2nnc(-c3ccccc3)s2)nc1. The minimum absolute atomic E-state index is 0.350. The van der Waals surface area contributed by atoms with Gasteiger partial charge in [-0.2, -0.15) is 13.2 Å². The van der Waals surface area contributed by atoms with Crippen LogP contribution in [0.1, 0.15) is 10.6 Å². The first-order valence-corrected chi connectivity index (χ1v) is 7.49. The molecule has 0 saturated heterocycles. The lowest BCUT2D eigenvalue weighted by atomic mass is 10.2. The summed E-state index contributed by atoms with van der Waals surface area (Å²) in [5.74, 6) is 0.356. The minimum Gasteiger partial charge on any atom is -0.363 e. The number of nitrogens with zero attached hydrogens (tertiary/aromatic N) is 3. The number of rotatable bonds is 4. The van der Waals surface area contributed by atoms with Gasteiger partial charge in [0.15, 0.2) is 0 Å². The molecule has 3 rings (SSSR count). The summed E-state index contributed by atoms with van der Waals surface area (Å²) in [5, 5.41) is 12.6. The third kappa shape index (κ3) is 3.84. The Morgan fingerprint density at radius 2 is 1.78 bits per heavy atom. The molecule has 3 aromatic rings. The van der Waals surface area contributed by atoms with Gasteiger partial charge in [0.1, 0.15) is 15.8 Å². The van der Waals surface area contributed by atoms with Crippen molar-refractivity contribution in [1.29, 1.82) is 0 Å². The van der Waals surface area contributed by atoms with Crippen molar-refractivity contribution in [3.63, 3.8) is 0 Å². The van der Waals surface area contributed by atoms with E-state index in [2.05, 4.69) is 20.5 Å². The highest BCUT2D eigenvalue weighted by Gasteiger charge is 2.30. The maximum Gasteiger partial charge on any atom is 0.417 e. The van der Waals surface area contributed by atoms with Gasteiger partial charge in [0.2, 0.25) is 0 Å². The zero-order valence-electron chi connectivity index (χ0n) is 11.7. The lowest BCUT2D eigenvalue weighted by Crippen LogP contribution is -2.07. The Labute approximate surface area is 134 Å². The molecule has 118 valence electrons. The number of alkyl halides is 3. The minimum atomic E-state index is -4.38. The van der Waals surface area contributed by atoms with Crippen molar-refractivity contribution in [3.8, 4) is 10.6 Å². The molecule has 23 heavy (non-hydrogen) atoms. The van der Waals surface area contributed by atoms with Crippen LogP contribution in [0.3, 0.4) is 0 Å². The molecular formula is C15H11F3N4S. The van der Waals surface area contributed by atoms with Crippen LogP contribution >= 0.6 is 11.3 Å². The van der Waals surface area contributed by atoms with Crippen LogP contribution in [0.15, 0.2) is 48.7 Å². The van der Waals surface area contributed by atoms with E-state index in [1.807, 2.05) is 30.3 Å². The van der Waals surface area contributed by atoms with Gasteiger partial charge in [-0.3, -0.25) is 0 Å². The summed E-state index contributed by atoms with van der Waals surface area (Å²) >= 11 is 1.42. The van der Waals surface area contributed by atoms with Crippen LogP contribution in [0.25, 0.3) is 10.6 Å². The average molecular weight is 336 g/mol. The van der Waals surface area contributed by atoms with Crippen molar-refractivity contribution < 1.29 is 13.2 Å². The third-order valence-electron chi connectivity index (χ3n) is 3.00. The number of nitrogens with one attached hydrogen (secondary N) is 1. The number of hydrogen-bond acceptors (Lipinski definition) is 5. The van der Waals surface area contributed by atoms with E-state index in [9.17, 15) is 13.2 Å². The zero-order chi connectivity index (χ0) is 16.3. The molecule has 0 fully saturated rings. The van der Waals surface area contributed by atoms with Crippen molar-refractivity contribution in [1.82, 2.24) is 15.2 Å². The number of benzene rings is 1. The molecule has 0 saturated carbocycles. The smallest absolute Gasteiger partial charge is 0.363 e. The molecule has 0 aliphatic heterocycles. The van der Waals surface area contributed by atoms with Gasteiger partial charge < -0.3 is 5.32 Å². The number of pyridine rings is 1. The maximum absolute atomic E-state index is 12.5. The number of halogens is 3. The van der Waals surface area contributed by atoms with Crippen LogP contribution in [0.5, 0.6) is 0 Å². The predicted molar refractivity (Wildman–Crippen MR) is 81.9 cm³/mol. The second kappa shape index (κ2) is 6.33. The predicted octanol–water partition coefficient (Wildman–Crippen LogP) is 4.23. The molecule has 4 nitrogen and oxygen atoms in total. The molecule has 1 N–H and O–H groups in total. The topological polar surface area (TPSA) is 50.7 Å². The van der Waals surface area contributed by atoms with Crippen LogP contribution in [0, 0.1) is 0 Å². The van der Waals surface area contributed by atoms with Crippen molar-refractivity contribution >= 4 is 17.2 Å². The Balaban J connectivity index is 1.64. The molecule has 0 aliphatic rings. The first-order chi connectivity index (χ1) is 11.0. The Kier molecular flexibility index (Phi) is 4.24. The van der Waals surface area contributed by atoms with Gasteiger partial charge in [0, 0.05) is 11.8 Å². The van der Waals surface area contributed by atoms with Crippen LogP contribution in [-0.4, -0.2) is 15.2 Å². The number of anilines is 1. The van der Waals surface area contributed by atoms with E-state index in [1.165, 1.54) is 17.4 Å². The Morgan fingerprint density at radius 3 is 2.43 bits per heavy atom. The van der Waals surface area contributed by atoms with E-state index in [0.29, 0.717) is 12.4 Å². The van der Waals surface area contributed by atoms with E-state index < -0.39 is 11.7 Å². The summed E-state index contributed by atoms with van der Waals surface area (Å²) in [7, 11) is 0. The number of aromatic nitrogens is 3. The summed E-state index contributed by atoms with van der Waals surface area (Å²) in [4.78, 5) is 3.75.